The van der Waals surface area contributed by atoms with E-state index in [1.165, 1.54) is 4.88 Å². The first-order valence-corrected chi connectivity index (χ1v) is 10.8. The van der Waals surface area contributed by atoms with Crippen LogP contribution in [0.1, 0.15) is 29.3 Å². The molecule has 2 fully saturated rings. The summed E-state index contributed by atoms with van der Waals surface area (Å²) in [7, 11) is 0. The van der Waals surface area contributed by atoms with E-state index in [4.69, 9.17) is 4.74 Å². The molecule has 1 amide bonds. The third kappa shape index (κ3) is 3.74. The summed E-state index contributed by atoms with van der Waals surface area (Å²) in [4.78, 5) is 16.7. The van der Waals surface area contributed by atoms with Crippen LogP contribution in [0.5, 0.6) is 0 Å². The summed E-state index contributed by atoms with van der Waals surface area (Å²) >= 11 is 5.23. The number of halogens is 1. The maximum Gasteiger partial charge on any atom is 0.230 e. The quantitative estimate of drug-likeness (QED) is 0.752. The van der Waals surface area contributed by atoms with Crippen LogP contribution < -0.4 is 5.32 Å². The summed E-state index contributed by atoms with van der Waals surface area (Å²) in [5.74, 6) is 0.162. The average Bonchev–Trinajstić information content (AvgIpc) is 3.31. The number of amides is 1. The van der Waals surface area contributed by atoms with Crippen molar-refractivity contribution < 1.29 is 9.53 Å². The molecule has 0 bridgehead atoms. The first kappa shape index (κ1) is 18.2. The van der Waals surface area contributed by atoms with E-state index in [1.54, 1.807) is 11.3 Å². The fraction of sp³-hybridized carbons (Fsp3) is 0.450. The number of carbonyl (C=O) groups is 1. The van der Waals surface area contributed by atoms with Crippen LogP contribution in [-0.2, 0) is 14.9 Å². The van der Waals surface area contributed by atoms with E-state index in [0.29, 0.717) is 6.54 Å². The zero-order valence-electron chi connectivity index (χ0n) is 14.6. The summed E-state index contributed by atoms with van der Waals surface area (Å²) in [5.41, 5.74) is 0.795. The molecule has 0 unspecified atom stereocenters. The highest BCUT2D eigenvalue weighted by Crippen LogP contribution is 2.48. The minimum atomic E-state index is -0.328. The second-order valence-corrected chi connectivity index (χ2v) is 8.87. The van der Waals surface area contributed by atoms with Crippen LogP contribution >= 0.6 is 27.3 Å². The van der Waals surface area contributed by atoms with Gasteiger partial charge in [0, 0.05) is 29.0 Å². The van der Waals surface area contributed by atoms with Crippen LogP contribution in [0.15, 0.2) is 46.3 Å². The number of hydrogen-bond donors (Lipinski definition) is 1. The Morgan fingerprint density at radius 1 is 1.23 bits per heavy atom. The summed E-state index contributed by atoms with van der Waals surface area (Å²) < 4.78 is 6.54. The van der Waals surface area contributed by atoms with Gasteiger partial charge in [-0.2, -0.15) is 0 Å². The van der Waals surface area contributed by atoms with E-state index < -0.39 is 0 Å². The zero-order valence-corrected chi connectivity index (χ0v) is 17.0. The van der Waals surface area contributed by atoms with E-state index in [0.717, 1.165) is 49.2 Å². The van der Waals surface area contributed by atoms with Crippen LogP contribution in [-0.4, -0.2) is 43.7 Å². The van der Waals surface area contributed by atoms with E-state index in [9.17, 15) is 4.79 Å². The molecule has 1 aromatic carbocycles. The van der Waals surface area contributed by atoms with Crippen molar-refractivity contribution in [2.75, 3.05) is 32.8 Å². The summed E-state index contributed by atoms with van der Waals surface area (Å²) in [6.45, 7) is 4.00. The SMILES string of the molecule is O=C(NC[C@@H](c1cccs1)N1CCOCC1)C1(c2ccc(Br)cc2)CC1. The Bertz CT molecular complexity index is 738. The number of nitrogens with zero attached hydrogens (tertiary/aromatic N) is 1. The highest BCUT2D eigenvalue weighted by Gasteiger charge is 2.51. The van der Waals surface area contributed by atoms with Crippen molar-refractivity contribution in [2.24, 2.45) is 0 Å². The fourth-order valence-corrected chi connectivity index (χ4v) is 4.80. The molecule has 26 heavy (non-hydrogen) atoms. The van der Waals surface area contributed by atoms with Gasteiger partial charge in [-0.25, -0.2) is 0 Å². The molecule has 0 spiro atoms. The topological polar surface area (TPSA) is 41.6 Å². The van der Waals surface area contributed by atoms with E-state index >= 15 is 0 Å². The van der Waals surface area contributed by atoms with Gasteiger partial charge in [-0.05, 0) is 42.0 Å². The van der Waals surface area contributed by atoms with Gasteiger partial charge in [-0.1, -0.05) is 34.1 Å². The average molecular weight is 435 g/mol. The second-order valence-electron chi connectivity index (χ2n) is 6.98. The van der Waals surface area contributed by atoms with Gasteiger partial charge >= 0.3 is 0 Å². The number of nitrogens with one attached hydrogen (secondary N) is 1. The second kappa shape index (κ2) is 7.80. The van der Waals surface area contributed by atoms with Crippen molar-refractivity contribution in [3.63, 3.8) is 0 Å². The molecule has 0 radical (unpaired) electrons. The number of benzene rings is 1. The molecule has 1 aliphatic carbocycles. The van der Waals surface area contributed by atoms with Gasteiger partial charge in [0.2, 0.25) is 5.91 Å². The van der Waals surface area contributed by atoms with Gasteiger partial charge in [0.05, 0.1) is 24.7 Å². The lowest BCUT2D eigenvalue weighted by atomic mass is 9.95. The predicted octanol–water partition coefficient (Wildman–Crippen LogP) is 3.73. The van der Waals surface area contributed by atoms with Gasteiger partial charge in [-0.3, -0.25) is 9.69 Å². The van der Waals surface area contributed by atoms with Gasteiger partial charge < -0.3 is 10.1 Å². The van der Waals surface area contributed by atoms with E-state index in [-0.39, 0.29) is 17.4 Å². The molecule has 6 heteroatoms. The number of morpholine rings is 1. The van der Waals surface area contributed by atoms with Crippen molar-refractivity contribution in [1.82, 2.24) is 10.2 Å². The molecule has 1 saturated carbocycles. The van der Waals surface area contributed by atoms with Gasteiger partial charge in [0.15, 0.2) is 0 Å². The lowest BCUT2D eigenvalue weighted by Gasteiger charge is -2.34. The summed E-state index contributed by atoms with van der Waals surface area (Å²) in [6.07, 6.45) is 1.86. The molecule has 2 aromatic rings. The molecular weight excluding hydrogens is 412 g/mol. The fourth-order valence-electron chi connectivity index (χ4n) is 3.68. The lowest BCUT2D eigenvalue weighted by molar-refractivity contribution is -0.123. The Balaban J connectivity index is 1.45. The van der Waals surface area contributed by atoms with Crippen molar-refractivity contribution in [1.29, 1.82) is 0 Å². The van der Waals surface area contributed by atoms with Crippen LogP contribution in [0.25, 0.3) is 0 Å². The highest BCUT2D eigenvalue weighted by atomic mass is 79.9. The number of rotatable bonds is 6. The molecule has 2 aliphatic rings. The first-order chi connectivity index (χ1) is 12.7. The lowest BCUT2D eigenvalue weighted by Crippen LogP contribution is -2.45. The number of hydrogen-bond acceptors (Lipinski definition) is 4. The van der Waals surface area contributed by atoms with Crippen LogP contribution in [0.2, 0.25) is 0 Å². The van der Waals surface area contributed by atoms with Gasteiger partial charge in [-0.15, -0.1) is 11.3 Å². The molecule has 4 rings (SSSR count). The molecule has 2 heterocycles. The zero-order chi connectivity index (χ0) is 18.0. The Labute approximate surface area is 166 Å². The first-order valence-electron chi connectivity index (χ1n) is 9.09. The van der Waals surface area contributed by atoms with Crippen LogP contribution in [0, 0.1) is 0 Å². The predicted molar refractivity (Wildman–Crippen MR) is 108 cm³/mol. The standard InChI is InChI=1S/C20H23BrN2O2S/c21-16-5-3-15(4-6-16)20(7-8-20)19(24)22-14-17(18-2-1-13-26-18)23-9-11-25-12-10-23/h1-6,13,17H,7-12,14H2,(H,22,24)/t17-/m0/s1. The van der Waals surface area contributed by atoms with Crippen LogP contribution in [0.4, 0.5) is 0 Å². The van der Waals surface area contributed by atoms with Gasteiger partial charge in [0.25, 0.3) is 0 Å². The largest absolute Gasteiger partial charge is 0.379 e. The van der Waals surface area contributed by atoms with E-state index in [2.05, 4.69) is 55.8 Å². The minimum Gasteiger partial charge on any atom is -0.379 e. The molecular formula is C20H23BrN2O2S. The molecule has 1 N–H and O–H groups in total. The normalized spacial score (nSPS) is 20.5. The Hall–Kier alpha value is -1.21. The number of ether oxygens (including phenoxy) is 1. The Kier molecular flexibility index (Phi) is 5.45. The molecule has 138 valence electrons. The van der Waals surface area contributed by atoms with Crippen LogP contribution in [0.3, 0.4) is 0 Å². The minimum absolute atomic E-state index is 0.162. The third-order valence-electron chi connectivity index (χ3n) is 5.40. The summed E-state index contributed by atoms with van der Waals surface area (Å²) in [6, 6.07) is 12.6. The maximum atomic E-state index is 13.0. The smallest absolute Gasteiger partial charge is 0.230 e. The van der Waals surface area contributed by atoms with Crippen molar-refractivity contribution >= 4 is 33.2 Å². The maximum absolute atomic E-state index is 13.0. The number of thiophene rings is 1. The molecule has 4 nitrogen and oxygen atoms in total. The van der Waals surface area contributed by atoms with E-state index in [1.807, 2.05) is 12.1 Å². The Morgan fingerprint density at radius 2 is 1.96 bits per heavy atom. The third-order valence-corrected chi connectivity index (χ3v) is 6.90. The molecule has 1 atom stereocenters. The van der Waals surface area contributed by atoms with Crippen molar-refractivity contribution in [3.8, 4) is 0 Å². The highest BCUT2D eigenvalue weighted by molar-refractivity contribution is 9.10. The van der Waals surface area contributed by atoms with Gasteiger partial charge in [0.1, 0.15) is 0 Å². The monoisotopic (exact) mass is 434 g/mol. The molecule has 1 aliphatic heterocycles. The van der Waals surface area contributed by atoms with Crippen molar-refractivity contribution in [3.05, 3.63) is 56.7 Å². The Morgan fingerprint density at radius 3 is 2.58 bits per heavy atom. The molecule has 1 saturated heterocycles. The number of carbonyl (C=O) groups excluding carboxylic acids is 1. The molecule has 1 aromatic heterocycles. The van der Waals surface area contributed by atoms with Crippen molar-refractivity contribution in [2.45, 2.75) is 24.3 Å². The summed E-state index contributed by atoms with van der Waals surface area (Å²) in [5, 5.41) is 5.36.